The van der Waals surface area contributed by atoms with Crippen LogP contribution in [0.3, 0.4) is 0 Å². The van der Waals surface area contributed by atoms with Crippen LogP contribution in [0, 0.1) is 5.41 Å². The predicted molar refractivity (Wildman–Crippen MR) is 55.6 cm³/mol. The molecule has 0 spiro atoms. The number of hydrogen-bond acceptors (Lipinski definition) is 1. The molecule has 13 heavy (non-hydrogen) atoms. The van der Waals surface area contributed by atoms with Crippen molar-refractivity contribution in [1.29, 1.82) is 0 Å². The van der Waals surface area contributed by atoms with E-state index in [1.165, 1.54) is 12.0 Å². The van der Waals surface area contributed by atoms with Gasteiger partial charge in [-0.1, -0.05) is 25.0 Å². The summed E-state index contributed by atoms with van der Waals surface area (Å²) in [7, 11) is 0. The highest BCUT2D eigenvalue weighted by Crippen LogP contribution is 2.45. The maximum Gasteiger partial charge on any atom is 0.139 e. The molecule has 1 nitrogen and oxygen atoms in total. The molecular formula is C12H20O. The summed E-state index contributed by atoms with van der Waals surface area (Å²) < 4.78 is 0. The number of hydrogen-bond donors (Lipinski definition) is 0. The maximum atomic E-state index is 11.7. The zero-order valence-corrected chi connectivity index (χ0v) is 9.02. The number of carbonyl (C=O) groups is 1. The van der Waals surface area contributed by atoms with Crippen molar-refractivity contribution in [3.05, 3.63) is 11.6 Å². The van der Waals surface area contributed by atoms with Crippen molar-refractivity contribution in [3.8, 4) is 0 Å². The number of carbonyl (C=O) groups excluding carboxylic acids is 1. The largest absolute Gasteiger partial charge is 0.299 e. The van der Waals surface area contributed by atoms with Crippen LogP contribution in [-0.4, -0.2) is 5.78 Å². The fourth-order valence-corrected chi connectivity index (χ4v) is 1.97. The Bertz CT molecular complexity index is 217. The van der Waals surface area contributed by atoms with Gasteiger partial charge >= 0.3 is 0 Å². The van der Waals surface area contributed by atoms with Crippen molar-refractivity contribution in [3.63, 3.8) is 0 Å². The molecule has 1 saturated carbocycles. The molecule has 0 atom stereocenters. The standard InChI is InChI=1S/C12H20O/c1-4-11(13)12(7-5-8-12)9-6-10(2)3/h6H,4-5,7-9H2,1-3H3. The minimum absolute atomic E-state index is 0.0476. The molecule has 0 amide bonds. The van der Waals surface area contributed by atoms with Crippen molar-refractivity contribution < 1.29 is 4.79 Å². The van der Waals surface area contributed by atoms with E-state index in [-0.39, 0.29) is 5.41 Å². The van der Waals surface area contributed by atoms with Gasteiger partial charge in [0, 0.05) is 11.8 Å². The van der Waals surface area contributed by atoms with E-state index in [4.69, 9.17) is 0 Å². The molecule has 0 unspecified atom stereocenters. The Morgan fingerprint density at radius 2 is 2.00 bits per heavy atom. The van der Waals surface area contributed by atoms with E-state index in [1.54, 1.807) is 0 Å². The highest BCUT2D eigenvalue weighted by molar-refractivity contribution is 5.85. The summed E-state index contributed by atoms with van der Waals surface area (Å²) in [4.78, 5) is 11.7. The third kappa shape index (κ3) is 2.20. The Kier molecular flexibility index (Phi) is 3.29. The van der Waals surface area contributed by atoms with Crippen molar-refractivity contribution in [2.45, 2.75) is 52.9 Å². The van der Waals surface area contributed by atoms with Gasteiger partial charge in [-0.15, -0.1) is 0 Å². The molecule has 0 heterocycles. The summed E-state index contributed by atoms with van der Waals surface area (Å²) in [5.74, 6) is 0.469. The zero-order valence-electron chi connectivity index (χ0n) is 9.02. The summed E-state index contributed by atoms with van der Waals surface area (Å²) in [5.41, 5.74) is 1.38. The van der Waals surface area contributed by atoms with Gasteiger partial charge in [-0.05, 0) is 33.1 Å². The van der Waals surface area contributed by atoms with E-state index in [0.717, 1.165) is 19.3 Å². The molecule has 0 saturated heterocycles. The summed E-state index contributed by atoms with van der Waals surface area (Å²) in [6.07, 6.45) is 7.36. The number of Topliss-reactive ketones (excluding diaryl/α,β-unsaturated/α-hetero) is 1. The van der Waals surface area contributed by atoms with E-state index in [1.807, 2.05) is 6.92 Å². The molecular weight excluding hydrogens is 160 g/mol. The van der Waals surface area contributed by atoms with Gasteiger partial charge in [0.1, 0.15) is 5.78 Å². The van der Waals surface area contributed by atoms with Crippen LogP contribution in [0.1, 0.15) is 52.9 Å². The lowest BCUT2D eigenvalue weighted by Crippen LogP contribution is -2.37. The van der Waals surface area contributed by atoms with Crippen molar-refractivity contribution in [2.24, 2.45) is 5.41 Å². The lowest BCUT2D eigenvalue weighted by Gasteiger charge is -2.39. The molecule has 1 fully saturated rings. The molecule has 0 aromatic heterocycles. The second-order valence-electron chi connectivity index (χ2n) is 4.40. The summed E-state index contributed by atoms with van der Waals surface area (Å²) in [5, 5.41) is 0. The van der Waals surface area contributed by atoms with Gasteiger partial charge in [0.05, 0.1) is 0 Å². The first-order valence-electron chi connectivity index (χ1n) is 5.27. The van der Waals surface area contributed by atoms with E-state index in [2.05, 4.69) is 19.9 Å². The lowest BCUT2D eigenvalue weighted by molar-refractivity contribution is -0.133. The molecule has 0 N–H and O–H groups in total. The van der Waals surface area contributed by atoms with Gasteiger partial charge in [0.2, 0.25) is 0 Å². The summed E-state index contributed by atoms with van der Waals surface area (Å²) in [6, 6.07) is 0. The van der Waals surface area contributed by atoms with Crippen molar-refractivity contribution in [2.75, 3.05) is 0 Å². The first kappa shape index (κ1) is 10.5. The van der Waals surface area contributed by atoms with Crippen LogP contribution < -0.4 is 0 Å². The molecule has 1 heteroatoms. The first-order valence-corrected chi connectivity index (χ1v) is 5.27. The Labute approximate surface area is 81.2 Å². The first-order chi connectivity index (χ1) is 6.10. The predicted octanol–water partition coefficient (Wildman–Crippen LogP) is 3.49. The number of rotatable bonds is 4. The summed E-state index contributed by atoms with van der Waals surface area (Å²) >= 11 is 0. The fraction of sp³-hybridized carbons (Fsp3) is 0.750. The molecule has 0 aromatic rings. The van der Waals surface area contributed by atoms with Crippen LogP contribution in [-0.2, 0) is 4.79 Å². The van der Waals surface area contributed by atoms with E-state index in [0.29, 0.717) is 12.2 Å². The average Bonchev–Trinajstić information content (AvgIpc) is 2.01. The molecule has 0 bridgehead atoms. The zero-order chi connectivity index (χ0) is 9.90. The third-order valence-electron chi connectivity index (χ3n) is 3.12. The normalized spacial score (nSPS) is 19.0. The van der Waals surface area contributed by atoms with Crippen LogP contribution in [0.4, 0.5) is 0 Å². The van der Waals surface area contributed by atoms with Crippen LogP contribution >= 0.6 is 0 Å². The Hall–Kier alpha value is -0.590. The monoisotopic (exact) mass is 180 g/mol. The average molecular weight is 180 g/mol. The van der Waals surface area contributed by atoms with Crippen LogP contribution in [0.2, 0.25) is 0 Å². The SMILES string of the molecule is CCC(=O)C1(CC=C(C)C)CCC1. The Balaban J connectivity index is 2.60. The Morgan fingerprint density at radius 1 is 1.38 bits per heavy atom. The molecule has 0 aromatic carbocycles. The molecule has 1 aliphatic carbocycles. The molecule has 0 radical (unpaired) electrons. The minimum Gasteiger partial charge on any atom is -0.299 e. The van der Waals surface area contributed by atoms with E-state index in [9.17, 15) is 4.79 Å². The second kappa shape index (κ2) is 4.08. The Morgan fingerprint density at radius 3 is 2.31 bits per heavy atom. The van der Waals surface area contributed by atoms with Gasteiger partial charge in [-0.25, -0.2) is 0 Å². The highest BCUT2D eigenvalue weighted by Gasteiger charge is 2.41. The van der Waals surface area contributed by atoms with Gasteiger partial charge < -0.3 is 0 Å². The number of allylic oxidation sites excluding steroid dienone is 2. The van der Waals surface area contributed by atoms with E-state index < -0.39 is 0 Å². The highest BCUT2D eigenvalue weighted by atomic mass is 16.1. The quantitative estimate of drug-likeness (QED) is 0.605. The minimum atomic E-state index is 0.0476. The van der Waals surface area contributed by atoms with Crippen LogP contribution in [0.5, 0.6) is 0 Å². The van der Waals surface area contributed by atoms with Gasteiger partial charge in [-0.2, -0.15) is 0 Å². The fourth-order valence-electron chi connectivity index (χ4n) is 1.97. The molecule has 1 aliphatic rings. The third-order valence-corrected chi connectivity index (χ3v) is 3.12. The maximum absolute atomic E-state index is 11.7. The van der Waals surface area contributed by atoms with Crippen LogP contribution in [0.25, 0.3) is 0 Å². The smallest absolute Gasteiger partial charge is 0.139 e. The summed E-state index contributed by atoms with van der Waals surface area (Å²) in [6.45, 7) is 6.18. The van der Waals surface area contributed by atoms with E-state index >= 15 is 0 Å². The molecule has 1 rings (SSSR count). The topological polar surface area (TPSA) is 17.1 Å². The van der Waals surface area contributed by atoms with Crippen molar-refractivity contribution >= 4 is 5.78 Å². The van der Waals surface area contributed by atoms with Crippen molar-refractivity contribution in [1.82, 2.24) is 0 Å². The van der Waals surface area contributed by atoms with Crippen LogP contribution in [0.15, 0.2) is 11.6 Å². The lowest BCUT2D eigenvalue weighted by atomic mass is 9.63. The molecule has 74 valence electrons. The van der Waals surface area contributed by atoms with Gasteiger partial charge in [-0.3, -0.25) is 4.79 Å². The van der Waals surface area contributed by atoms with Gasteiger partial charge in [0.15, 0.2) is 0 Å². The molecule has 0 aliphatic heterocycles. The van der Waals surface area contributed by atoms with Gasteiger partial charge in [0.25, 0.3) is 0 Å². The second-order valence-corrected chi connectivity index (χ2v) is 4.40. The number of ketones is 1.